The second kappa shape index (κ2) is 4.29. The van der Waals surface area contributed by atoms with Gasteiger partial charge in [-0.1, -0.05) is 11.6 Å². The number of carboxylic acids is 1. The van der Waals surface area contributed by atoms with Gasteiger partial charge >= 0.3 is 5.97 Å². The number of hydrogen-bond acceptors (Lipinski definition) is 4. The Bertz CT molecular complexity index is 722. The quantitative estimate of drug-likeness (QED) is 0.769. The van der Waals surface area contributed by atoms with E-state index in [1.807, 2.05) is 0 Å². The molecule has 2 heterocycles. The van der Waals surface area contributed by atoms with E-state index in [1.54, 1.807) is 12.1 Å². The fourth-order valence-corrected chi connectivity index (χ4v) is 2.48. The lowest BCUT2D eigenvalue weighted by Crippen LogP contribution is -2.32. The van der Waals surface area contributed by atoms with E-state index >= 15 is 0 Å². The van der Waals surface area contributed by atoms with Crippen LogP contribution < -0.4 is 5.73 Å². The zero-order valence-electron chi connectivity index (χ0n) is 9.72. The minimum absolute atomic E-state index is 0.145. The minimum atomic E-state index is -1.06. The molecule has 5 nitrogen and oxygen atoms in total. The van der Waals surface area contributed by atoms with Crippen LogP contribution in [0.25, 0.3) is 21.9 Å². The maximum atomic E-state index is 10.9. The van der Waals surface area contributed by atoms with Crippen molar-refractivity contribution in [3.05, 3.63) is 35.2 Å². The lowest BCUT2D eigenvalue weighted by Gasteiger charge is -2.09. The van der Waals surface area contributed by atoms with E-state index in [2.05, 4.69) is 0 Å². The van der Waals surface area contributed by atoms with Crippen molar-refractivity contribution in [1.82, 2.24) is 0 Å². The monoisotopic (exact) mass is 279 g/mol. The highest BCUT2D eigenvalue weighted by atomic mass is 35.5. The Kier molecular flexibility index (Phi) is 2.73. The van der Waals surface area contributed by atoms with Crippen LogP contribution >= 0.6 is 11.6 Å². The first kappa shape index (κ1) is 12.1. The van der Waals surface area contributed by atoms with Crippen LogP contribution in [-0.2, 0) is 11.2 Å². The van der Waals surface area contributed by atoms with Gasteiger partial charge in [0.2, 0.25) is 0 Å². The van der Waals surface area contributed by atoms with Gasteiger partial charge in [0.1, 0.15) is 11.6 Å². The number of carboxylic acid groups (broad SMARTS) is 1. The van der Waals surface area contributed by atoms with Crippen LogP contribution in [0.1, 0.15) is 5.56 Å². The third-order valence-corrected chi connectivity index (χ3v) is 3.48. The summed E-state index contributed by atoms with van der Waals surface area (Å²) in [6.07, 6.45) is 3.16. The summed E-state index contributed by atoms with van der Waals surface area (Å²) < 4.78 is 10.8. The smallest absolute Gasteiger partial charge is 0.320 e. The molecular formula is C13H10ClNO4. The fraction of sp³-hybridized carbons (Fsp3) is 0.154. The van der Waals surface area contributed by atoms with Gasteiger partial charge in [-0.15, -0.1) is 0 Å². The largest absolute Gasteiger partial charge is 0.480 e. The molecule has 0 spiro atoms. The van der Waals surface area contributed by atoms with Gasteiger partial charge in [-0.2, -0.15) is 0 Å². The molecule has 2 aromatic heterocycles. The maximum absolute atomic E-state index is 10.9. The van der Waals surface area contributed by atoms with E-state index < -0.39 is 12.0 Å². The highest BCUT2D eigenvalue weighted by Gasteiger charge is 2.21. The average molecular weight is 280 g/mol. The Balaban J connectivity index is 2.29. The van der Waals surface area contributed by atoms with Crippen LogP contribution in [0, 0.1) is 0 Å². The molecule has 0 aliphatic heterocycles. The molecule has 3 N–H and O–H groups in total. The van der Waals surface area contributed by atoms with Crippen molar-refractivity contribution in [2.45, 2.75) is 12.5 Å². The van der Waals surface area contributed by atoms with Gasteiger partial charge in [-0.3, -0.25) is 4.79 Å². The highest BCUT2D eigenvalue weighted by molar-refractivity contribution is 6.40. The molecule has 1 aromatic carbocycles. The molecule has 0 saturated heterocycles. The summed E-state index contributed by atoms with van der Waals surface area (Å²) in [6, 6.07) is 2.44. The van der Waals surface area contributed by atoms with Gasteiger partial charge < -0.3 is 19.7 Å². The molecule has 0 aliphatic carbocycles. The van der Waals surface area contributed by atoms with Gasteiger partial charge in [0.25, 0.3) is 0 Å². The molecule has 1 unspecified atom stereocenters. The zero-order valence-corrected chi connectivity index (χ0v) is 10.5. The van der Waals surface area contributed by atoms with Crippen molar-refractivity contribution in [2.75, 3.05) is 0 Å². The molecular weight excluding hydrogens is 270 g/mol. The van der Waals surface area contributed by atoms with E-state index in [0.717, 1.165) is 5.39 Å². The first-order valence-corrected chi connectivity index (χ1v) is 6.00. The number of furan rings is 2. The molecule has 0 saturated carbocycles. The van der Waals surface area contributed by atoms with Crippen LogP contribution in [0.5, 0.6) is 0 Å². The predicted molar refractivity (Wildman–Crippen MR) is 70.3 cm³/mol. The SMILES string of the molecule is NC(Cc1c2ccoc2c(Cl)c2ccoc12)C(=O)O. The number of carbonyl (C=O) groups is 1. The summed E-state index contributed by atoms with van der Waals surface area (Å²) in [7, 11) is 0. The summed E-state index contributed by atoms with van der Waals surface area (Å²) in [6.45, 7) is 0. The van der Waals surface area contributed by atoms with E-state index in [0.29, 0.717) is 27.1 Å². The Morgan fingerprint density at radius 2 is 1.89 bits per heavy atom. The average Bonchev–Trinajstić information content (AvgIpc) is 3.02. The lowest BCUT2D eigenvalue weighted by atomic mass is 10.0. The first-order valence-electron chi connectivity index (χ1n) is 5.62. The number of aliphatic carboxylic acids is 1. The molecule has 3 rings (SSSR count). The Hall–Kier alpha value is -1.98. The molecule has 0 fully saturated rings. The van der Waals surface area contributed by atoms with Gasteiger partial charge in [0, 0.05) is 22.8 Å². The van der Waals surface area contributed by atoms with Crippen LogP contribution in [-0.4, -0.2) is 17.1 Å². The second-order valence-corrected chi connectivity index (χ2v) is 4.65. The Morgan fingerprint density at radius 1 is 1.26 bits per heavy atom. The van der Waals surface area contributed by atoms with E-state index in [9.17, 15) is 4.79 Å². The van der Waals surface area contributed by atoms with Crippen molar-refractivity contribution < 1.29 is 18.7 Å². The second-order valence-electron chi connectivity index (χ2n) is 4.27. The fourth-order valence-electron chi connectivity index (χ4n) is 2.19. The van der Waals surface area contributed by atoms with E-state index in [1.165, 1.54) is 12.5 Å². The summed E-state index contributed by atoms with van der Waals surface area (Å²) in [5.41, 5.74) is 7.37. The van der Waals surface area contributed by atoms with Crippen molar-refractivity contribution >= 4 is 39.5 Å². The van der Waals surface area contributed by atoms with Crippen LogP contribution in [0.4, 0.5) is 0 Å². The molecule has 0 bridgehead atoms. The van der Waals surface area contributed by atoms with Crippen molar-refractivity contribution in [3.63, 3.8) is 0 Å². The zero-order chi connectivity index (χ0) is 13.6. The first-order chi connectivity index (χ1) is 9.09. The number of halogens is 1. The van der Waals surface area contributed by atoms with Crippen LogP contribution in [0.2, 0.25) is 5.02 Å². The Morgan fingerprint density at radius 3 is 2.58 bits per heavy atom. The summed E-state index contributed by atoms with van der Waals surface area (Å²) in [4.78, 5) is 10.9. The van der Waals surface area contributed by atoms with Crippen molar-refractivity contribution in [3.8, 4) is 0 Å². The molecule has 0 aliphatic rings. The molecule has 0 amide bonds. The third-order valence-electron chi connectivity index (χ3n) is 3.11. The number of benzene rings is 1. The lowest BCUT2D eigenvalue weighted by molar-refractivity contribution is -0.138. The number of fused-ring (bicyclic) bond motifs is 2. The summed E-state index contributed by atoms with van der Waals surface area (Å²) in [5.74, 6) is -1.06. The molecule has 3 aromatic rings. The summed E-state index contributed by atoms with van der Waals surface area (Å²) in [5, 5.41) is 10.8. The van der Waals surface area contributed by atoms with Crippen molar-refractivity contribution in [2.24, 2.45) is 5.73 Å². The van der Waals surface area contributed by atoms with Crippen LogP contribution in [0.3, 0.4) is 0 Å². The minimum Gasteiger partial charge on any atom is -0.480 e. The van der Waals surface area contributed by atoms with Gasteiger partial charge in [0.05, 0.1) is 17.5 Å². The number of nitrogens with two attached hydrogens (primary N) is 1. The molecule has 6 heteroatoms. The van der Waals surface area contributed by atoms with E-state index in [4.69, 9.17) is 31.3 Å². The Labute approximate surface area is 112 Å². The standard InChI is InChI=1S/C13H10ClNO4/c14-10-7-2-4-18-11(7)8(5-9(15)13(16)17)6-1-3-19-12(6)10/h1-4,9H,5,15H2,(H,16,17). The van der Waals surface area contributed by atoms with Gasteiger partial charge in [-0.05, 0) is 12.1 Å². The molecule has 98 valence electrons. The normalized spacial score (nSPS) is 13.2. The number of rotatable bonds is 3. The van der Waals surface area contributed by atoms with Gasteiger partial charge in [0.15, 0.2) is 5.58 Å². The van der Waals surface area contributed by atoms with Crippen molar-refractivity contribution in [1.29, 1.82) is 0 Å². The third kappa shape index (κ3) is 1.78. The number of hydrogen-bond donors (Lipinski definition) is 2. The molecule has 0 radical (unpaired) electrons. The van der Waals surface area contributed by atoms with Crippen LogP contribution in [0.15, 0.2) is 33.5 Å². The van der Waals surface area contributed by atoms with Gasteiger partial charge in [-0.25, -0.2) is 0 Å². The topological polar surface area (TPSA) is 89.6 Å². The maximum Gasteiger partial charge on any atom is 0.320 e. The predicted octanol–water partition coefficient (Wildman–Crippen LogP) is 2.79. The van der Waals surface area contributed by atoms with E-state index in [-0.39, 0.29) is 6.42 Å². The molecule has 19 heavy (non-hydrogen) atoms. The summed E-state index contributed by atoms with van der Waals surface area (Å²) >= 11 is 6.23. The highest BCUT2D eigenvalue weighted by Crippen LogP contribution is 2.37. The molecule has 1 atom stereocenters.